The molecule has 2 heterocycles. The average molecular weight is 376 g/mol. The summed E-state index contributed by atoms with van der Waals surface area (Å²) in [5.41, 5.74) is 1.09. The van der Waals surface area contributed by atoms with E-state index in [1.54, 1.807) is 19.1 Å². The largest absolute Gasteiger partial charge is 0.462 e. The number of esters is 1. The molecule has 0 aromatic carbocycles. The zero-order chi connectivity index (χ0) is 13.2. The topological polar surface area (TPSA) is 76.8 Å². The van der Waals surface area contributed by atoms with Crippen molar-refractivity contribution in [2.75, 3.05) is 6.61 Å². The minimum absolute atomic E-state index is 0.272. The van der Waals surface area contributed by atoms with Gasteiger partial charge in [0.15, 0.2) is 0 Å². The van der Waals surface area contributed by atoms with Crippen molar-refractivity contribution in [3.05, 3.63) is 29.6 Å². The van der Waals surface area contributed by atoms with E-state index in [1.807, 2.05) is 22.6 Å². The van der Waals surface area contributed by atoms with Crippen LogP contribution in [0.25, 0.3) is 5.70 Å². The molecule has 0 fully saturated rings. The molecule has 18 heavy (non-hydrogen) atoms. The molecule has 1 unspecified atom stereocenters. The predicted molar refractivity (Wildman–Crippen MR) is 76.2 cm³/mol. The van der Waals surface area contributed by atoms with Crippen molar-refractivity contribution >= 4 is 46.9 Å². The maximum Gasteiger partial charge on any atom is 0.340 e. The van der Waals surface area contributed by atoms with Crippen LogP contribution in [0.4, 0.5) is 0 Å². The van der Waals surface area contributed by atoms with Gasteiger partial charge >= 0.3 is 5.97 Å². The van der Waals surface area contributed by atoms with E-state index in [0.717, 1.165) is 0 Å². The van der Waals surface area contributed by atoms with E-state index in [9.17, 15) is 4.79 Å². The number of nitrogens with zero attached hydrogens (tertiary/aromatic N) is 4. The number of carbonyl (C=O) groups excluding carboxylic acids is 1. The summed E-state index contributed by atoms with van der Waals surface area (Å²) in [5, 5.41) is 15.6. The fourth-order valence-corrected chi connectivity index (χ4v) is 2.23. The van der Waals surface area contributed by atoms with Gasteiger partial charge in [-0.05, 0) is 41.6 Å². The normalized spacial score (nSPS) is 22.4. The van der Waals surface area contributed by atoms with E-state index < -0.39 is 8.85 Å². The highest BCUT2D eigenvalue weighted by molar-refractivity contribution is 14.1. The van der Waals surface area contributed by atoms with Gasteiger partial charge in [-0.25, -0.2) is 4.79 Å². The second-order valence-corrected chi connectivity index (χ2v) is 6.40. The number of aromatic nitrogens is 2. The number of rotatable bonds is 3. The first kappa shape index (κ1) is 13.4. The average Bonchev–Trinajstić information content (AvgIpc) is 2.66. The molecule has 94 valence electrons. The summed E-state index contributed by atoms with van der Waals surface area (Å²) in [6.07, 6.45) is 1.54. The molecule has 1 aromatic heterocycles. The predicted octanol–water partition coefficient (Wildman–Crippen LogP) is 2.24. The van der Waals surface area contributed by atoms with Crippen molar-refractivity contribution in [2.45, 2.75) is 9.80 Å². The first-order valence-electron chi connectivity index (χ1n) is 5.10. The molecule has 0 saturated carbocycles. The van der Waals surface area contributed by atoms with Crippen LogP contribution >= 0.6 is 35.2 Å². The van der Waals surface area contributed by atoms with Crippen molar-refractivity contribution in [3.8, 4) is 0 Å². The van der Waals surface area contributed by atoms with Gasteiger partial charge in [0, 0.05) is 6.20 Å². The molecule has 0 radical (unpaired) electrons. The van der Waals surface area contributed by atoms with Crippen LogP contribution in [0.15, 0.2) is 34.1 Å². The molecular weight excluding hydrogens is 367 g/mol. The Hall–Kier alpha value is -1.03. The summed E-state index contributed by atoms with van der Waals surface area (Å²) in [7, 11) is 0. The lowest BCUT2D eigenvalue weighted by atomic mass is 10.1. The van der Waals surface area contributed by atoms with Crippen LogP contribution < -0.4 is 0 Å². The molecule has 0 saturated heterocycles. The third kappa shape index (κ3) is 2.53. The Morgan fingerprint density at radius 3 is 3.00 bits per heavy atom. The third-order valence-corrected chi connectivity index (χ3v) is 3.20. The lowest BCUT2D eigenvalue weighted by Crippen LogP contribution is -2.20. The number of azo groups is 1. The van der Waals surface area contributed by atoms with Gasteiger partial charge in [-0.15, -0.1) is 17.7 Å². The minimum Gasteiger partial charge on any atom is -0.462 e. The summed E-state index contributed by atoms with van der Waals surface area (Å²) >= 11 is 6.23. The van der Waals surface area contributed by atoms with Crippen LogP contribution in [0.3, 0.4) is 0 Å². The zero-order valence-electron chi connectivity index (χ0n) is 9.37. The summed E-state index contributed by atoms with van der Waals surface area (Å²) in [5.74, 6) is -0.493. The number of hydrogen-bond donors (Lipinski definition) is 1. The number of ether oxygens (including phenoxy) is 1. The molecule has 0 N–H and O–H groups in total. The van der Waals surface area contributed by atoms with Crippen molar-refractivity contribution < 1.29 is 9.53 Å². The van der Waals surface area contributed by atoms with Gasteiger partial charge in [0.2, 0.25) is 2.88 Å². The molecule has 8 heteroatoms. The summed E-state index contributed by atoms with van der Waals surface area (Å²) in [6.45, 7) is 2.01. The second-order valence-electron chi connectivity index (χ2n) is 3.34. The highest BCUT2D eigenvalue weighted by Gasteiger charge is 2.41. The molecule has 0 amide bonds. The van der Waals surface area contributed by atoms with Crippen LogP contribution in [-0.2, 0) is 9.53 Å². The van der Waals surface area contributed by atoms with Gasteiger partial charge in [-0.1, -0.05) is 0 Å². The summed E-state index contributed by atoms with van der Waals surface area (Å²) in [6, 6.07) is 3.41. The Morgan fingerprint density at radius 2 is 2.39 bits per heavy atom. The molecule has 1 atom stereocenters. The Labute approximate surface area is 122 Å². The van der Waals surface area contributed by atoms with Crippen molar-refractivity contribution in [1.82, 2.24) is 10.2 Å². The lowest BCUT2D eigenvalue weighted by Gasteiger charge is -2.13. The maximum atomic E-state index is 11.9. The molecule has 0 bridgehead atoms. The second kappa shape index (κ2) is 5.31. The van der Waals surface area contributed by atoms with Crippen LogP contribution in [-0.4, -0.2) is 25.7 Å². The van der Waals surface area contributed by atoms with Crippen LogP contribution in [0.2, 0.25) is 0 Å². The molecule has 1 aliphatic heterocycles. The monoisotopic (exact) mass is 376 g/mol. The summed E-state index contributed by atoms with van der Waals surface area (Å²) in [4.78, 5) is 11.9. The van der Waals surface area contributed by atoms with E-state index in [0.29, 0.717) is 11.4 Å². The minimum atomic E-state index is -1.03. The lowest BCUT2D eigenvalue weighted by molar-refractivity contribution is -0.138. The number of carbonyl (C=O) groups is 1. The molecule has 2 rings (SSSR count). The van der Waals surface area contributed by atoms with Crippen LogP contribution in [0.5, 0.6) is 0 Å². The molecule has 1 aromatic rings. The Kier molecular flexibility index (Phi) is 3.95. The van der Waals surface area contributed by atoms with E-state index in [2.05, 4.69) is 33.1 Å². The Bertz CT molecular complexity index is 530. The van der Waals surface area contributed by atoms with Crippen molar-refractivity contribution in [2.24, 2.45) is 10.2 Å². The standard InChI is InChI=1S/C10H9IN4O2S/c1-2-17-9(16)7-8(14-15-10(7,11)18)6-4-3-5-12-13-6/h3-5,18H,2H2,1H3. The SMILES string of the molecule is CCOC(=O)C1=C(c2cccnn2)N=NC1(S)I. The fraction of sp³-hybridized carbons (Fsp3) is 0.300. The van der Waals surface area contributed by atoms with E-state index in [4.69, 9.17) is 4.74 Å². The quantitative estimate of drug-likeness (QED) is 0.289. The van der Waals surface area contributed by atoms with E-state index in [1.165, 1.54) is 6.20 Å². The summed E-state index contributed by atoms with van der Waals surface area (Å²) < 4.78 is 3.96. The number of hydrogen-bond acceptors (Lipinski definition) is 7. The molecule has 0 aliphatic carbocycles. The van der Waals surface area contributed by atoms with Gasteiger partial charge in [-0.3, -0.25) is 0 Å². The zero-order valence-corrected chi connectivity index (χ0v) is 12.4. The smallest absolute Gasteiger partial charge is 0.340 e. The van der Waals surface area contributed by atoms with Gasteiger partial charge in [0.1, 0.15) is 17.0 Å². The first-order chi connectivity index (χ1) is 8.56. The number of alkyl halides is 1. The van der Waals surface area contributed by atoms with Gasteiger partial charge < -0.3 is 4.74 Å². The Balaban J connectivity index is 2.50. The third-order valence-electron chi connectivity index (χ3n) is 2.13. The number of thiol groups is 1. The molecule has 1 aliphatic rings. The molecular formula is C10H9IN4O2S. The van der Waals surface area contributed by atoms with Gasteiger partial charge in [0.05, 0.1) is 6.61 Å². The Morgan fingerprint density at radius 1 is 1.61 bits per heavy atom. The molecule has 0 spiro atoms. The van der Waals surface area contributed by atoms with Crippen LogP contribution in [0.1, 0.15) is 12.6 Å². The maximum absolute atomic E-state index is 11.9. The van der Waals surface area contributed by atoms with E-state index in [-0.39, 0.29) is 12.2 Å². The fourth-order valence-electron chi connectivity index (χ4n) is 1.40. The van der Waals surface area contributed by atoms with Crippen molar-refractivity contribution in [1.29, 1.82) is 0 Å². The first-order valence-corrected chi connectivity index (χ1v) is 6.63. The molecule has 6 nitrogen and oxygen atoms in total. The van der Waals surface area contributed by atoms with Crippen molar-refractivity contribution in [3.63, 3.8) is 0 Å². The number of halogens is 1. The highest BCUT2D eigenvalue weighted by atomic mass is 127. The van der Waals surface area contributed by atoms with Gasteiger partial charge in [0.25, 0.3) is 0 Å². The van der Waals surface area contributed by atoms with Crippen LogP contribution in [0, 0.1) is 0 Å². The highest BCUT2D eigenvalue weighted by Crippen LogP contribution is 2.44. The van der Waals surface area contributed by atoms with Gasteiger partial charge in [-0.2, -0.15) is 15.3 Å². The van der Waals surface area contributed by atoms with E-state index >= 15 is 0 Å².